The fourth-order valence-electron chi connectivity index (χ4n) is 5.11. The maximum Gasteiger partial charge on any atom is 3.00 e. The molecule has 0 radical (unpaired) electrons. The molecule has 0 spiro atoms. The van der Waals surface area contributed by atoms with Gasteiger partial charge in [0.1, 0.15) is 0 Å². The van der Waals surface area contributed by atoms with Crippen molar-refractivity contribution in [2.75, 3.05) is 0 Å². The van der Waals surface area contributed by atoms with Crippen molar-refractivity contribution in [3.05, 3.63) is 130 Å². The molecule has 39 heavy (non-hydrogen) atoms. The van der Waals surface area contributed by atoms with Gasteiger partial charge in [-0.1, -0.05) is 96.4 Å². The van der Waals surface area contributed by atoms with Gasteiger partial charge in [0, 0.05) is 15.0 Å². The molecular formula is C35H35IrN2S. The largest absolute Gasteiger partial charge is 3.00 e. The molecule has 0 saturated heterocycles. The van der Waals surface area contributed by atoms with Gasteiger partial charge in [-0.25, -0.2) is 16.9 Å². The molecule has 0 bridgehead atoms. The van der Waals surface area contributed by atoms with E-state index in [0.29, 0.717) is 17.3 Å². The summed E-state index contributed by atoms with van der Waals surface area (Å²) in [6, 6.07) is 7.73. The zero-order valence-corrected chi connectivity index (χ0v) is 25.1. The van der Waals surface area contributed by atoms with Crippen molar-refractivity contribution in [2.24, 2.45) is 5.92 Å². The molecule has 2 heterocycles. The molecule has 0 amide bonds. The number of fused-ring (bicyclic) bond motifs is 3. The van der Waals surface area contributed by atoms with Crippen LogP contribution in [-0.2, 0) is 20.1 Å². The van der Waals surface area contributed by atoms with Crippen LogP contribution in [0.4, 0.5) is 0 Å². The number of nitrogens with zero attached hydrogens (tertiary/aromatic N) is 2. The summed E-state index contributed by atoms with van der Waals surface area (Å²) in [7, 11) is 0. The first-order valence-electron chi connectivity index (χ1n) is 15.8. The molecule has 3 aromatic rings. The van der Waals surface area contributed by atoms with Crippen LogP contribution in [-0.4, -0.2) is 10.7 Å². The fraction of sp³-hybridized carbons (Fsp3) is 0.257. The summed E-state index contributed by atoms with van der Waals surface area (Å²) in [5.74, 6) is 0.618. The molecule has 1 fully saturated rings. The Kier molecular flexibility index (Phi) is 8.17. The van der Waals surface area contributed by atoms with Gasteiger partial charge in [0.15, 0.2) is 0 Å². The van der Waals surface area contributed by atoms with E-state index in [4.69, 9.17) is 6.85 Å². The monoisotopic (exact) mass is 713 g/mol. The number of hydrogen-bond acceptors (Lipinski definition) is 2. The number of thiophene rings is 1. The maximum atomic E-state index is 9.98. The summed E-state index contributed by atoms with van der Waals surface area (Å²) in [5, 5.41) is 12.3. The van der Waals surface area contributed by atoms with Crippen LogP contribution >= 0.6 is 11.3 Å². The quantitative estimate of drug-likeness (QED) is 0.150. The fourth-order valence-corrected chi connectivity index (χ4v) is 6.36. The summed E-state index contributed by atoms with van der Waals surface area (Å²) >= 11 is 1.63. The third-order valence-electron chi connectivity index (χ3n) is 7.18. The van der Waals surface area contributed by atoms with Crippen molar-refractivity contribution >= 4 is 38.8 Å². The Balaban J connectivity index is 0.000000207. The van der Waals surface area contributed by atoms with Gasteiger partial charge in [-0.3, -0.25) is 5.71 Å². The molecule has 200 valence electrons. The van der Waals surface area contributed by atoms with E-state index >= 15 is 0 Å². The molecule has 1 saturated carbocycles. The Hall–Kier alpha value is -2.91. The van der Waals surface area contributed by atoms with Gasteiger partial charge in [-0.05, 0) is 48.3 Å². The minimum absolute atomic E-state index is 0. The topological polar surface area (TPSA) is 35.2 Å². The van der Waals surface area contributed by atoms with Crippen LogP contribution in [0, 0.1) is 25.6 Å². The first kappa shape index (κ1) is 22.9. The van der Waals surface area contributed by atoms with Gasteiger partial charge in [0.2, 0.25) is 0 Å². The number of aryl methyl sites for hydroxylation is 1. The van der Waals surface area contributed by atoms with Crippen molar-refractivity contribution < 1.29 is 27.0 Å². The molecule has 3 aliphatic carbocycles. The smallest absolute Gasteiger partial charge is 0.872 e. The zero-order chi connectivity index (χ0) is 30.6. The first-order chi connectivity index (χ1) is 20.6. The molecule has 0 unspecified atom stereocenters. The average Bonchev–Trinajstić information content (AvgIpc) is 3.41. The van der Waals surface area contributed by atoms with Gasteiger partial charge in [0.05, 0.1) is 2.74 Å². The number of rotatable bonds is 5. The van der Waals surface area contributed by atoms with Crippen molar-refractivity contribution in [1.29, 1.82) is 0 Å². The van der Waals surface area contributed by atoms with Crippen LogP contribution in [0.15, 0.2) is 90.7 Å². The number of hydrogen-bond donors (Lipinski definition) is 0. The van der Waals surface area contributed by atoms with Gasteiger partial charge >= 0.3 is 20.1 Å². The second-order valence-electron chi connectivity index (χ2n) is 9.79. The van der Waals surface area contributed by atoms with E-state index in [9.17, 15) is 5.41 Å². The Bertz CT molecular complexity index is 1760. The average molecular weight is 713 g/mol. The van der Waals surface area contributed by atoms with Crippen LogP contribution in [0.1, 0.15) is 63.1 Å². The Morgan fingerprint density at radius 2 is 2.00 bits per heavy atom. The molecule has 0 atom stereocenters. The van der Waals surface area contributed by atoms with Crippen molar-refractivity contribution in [3.8, 4) is 0 Å². The van der Waals surface area contributed by atoms with E-state index < -0.39 is 6.85 Å². The second-order valence-corrected chi connectivity index (χ2v) is 10.8. The minimum atomic E-state index is -2.43. The van der Waals surface area contributed by atoms with E-state index in [1.807, 2.05) is 43.2 Å². The van der Waals surface area contributed by atoms with Crippen molar-refractivity contribution in [1.82, 2.24) is 4.98 Å². The van der Waals surface area contributed by atoms with Gasteiger partial charge in [0.25, 0.3) is 0 Å². The summed E-state index contributed by atoms with van der Waals surface area (Å²) in [6.07, 6.45) is 25.3. The first-order valence-corrected chi connectivity index (χ1v) is 14.1. The van der Waals surface area contributed by atoms with Crippen molar-refractivity contribution in [2.45, 2.75) is 51.8 Å². The van der Waals surface area contributed by atoms with E-state index in [2.05, 4.69) is 35.8 Å². The van der Waals surface area contributed by atoms with E-state index in [0.717, 1.165) is 44.0 Å². The Morgan fingerprint density at radius 3 is 2.79 bits per heavy atom. The molecule has 2 aromatic heterocycles. The maximum absolute atomic E-state index is 9.98. The Labute approximate surface area is 257 Å². The van der Waals surface area contributed by atoms with E-state index in [1.165, 1.54) is 43.7 Å². The number of aromatic nitrogens is 1. The van der Waals surface area contributed by atoms with E-state index in [1.54, 1.807) is 17.4 Å². The van der Waals surface area contributed by atoms with Crippen molar-refractivity contribution in [3.63, 3.8) is 0 Å². The summed E-state index contributed by atoms with van der Waals surface area (Å²) in [4.78, 5) is 4.26. The predicted molar refractivity (Wildman–Crippen MR) is 165 cm³/mol. The molecule has 1 aromatic carbocycles. The summed E-state index contributed by atoms with van der Waals surface area (Å²) < 4.78 is 41.0. The van der Waals surface area contributed by atoms with Gasteiger partial charge in [-0.15, -0.1) is 23.8 Å². The molecular weight excluding hydrogens is 673 g/mol. The predicted octanol–water partition coefficient (Wildman–Crippen LogP) is 7.97. The molecule has 3 aliphatic rings. The number of benzene rings is 1. The molecule has 6 rings (SSSR count). The minimum Gasteiger partial charge on any atom is -0.872 e. The van der Waals surface area contributed by atoms with Gasteiger partial charge in [-0.2, -0.15) is 18.9 Å². The second kappa shape index (κ2) is 13.9. The number of allylic oxidation sites excluding steroid dienone is 7. The van der Waals surface area contributed by atoms with Crippen LogP contribution < -0.4 is 9.75 Å². The SMILES string of the molecule is C=C(/C=C\C(=[N-])C1=CC=CC[CH-]1)C1CCCCC1.[2H]c1c(C([2H])([2H])[2H])cnc(C2=c3sc4ccccc4c3=CC[CH-]2)c1[2H].[Ir+3]. The summed E-state index contributed by atoms with van der Waals surface area (Å²) in [5.41, 5.74) is 3.42. The molecule has 4 heteroatoms. The van der Waals surface area contributed by atoms with Crippen LogP contribution in [0.5, 0.6) is 0 Å². The molecule has 0 N–H and O–H groups in total. The molecule has 0 aliphatic heterocycles. The summed E-state index contributed by atoms with van der Waals surface area (Å²) in [6.45, 7) is 1.71. The van der Waals surface area contributed by atoms with Gasteiger partial charge < -0.3 is 10.4 Å². The normalized spacial score (nSPS) is 18.7. The zero-order valence-electron chi connectivity index (χ0n) is 26.9. The standard InChI is InChI=1S/C18H14NS.C17H21N.Ir/c1-12-9-10-16(19-11-12)15-7-4-6-14-13-5-2-3-8-17(13)20-18(14)15;1-14(15-8-4-2-5-9-15)12-13-17(18)16-10-6-3-7-11-16;/h2-3,5-11H,4H2,1H3;3,6,10-13,15H,1-2,4-5,7-9H2;/q-1;-2;+3/b;13-12-;/i1D3,9D,10D;;. The Morgan fingerprint density at radius 1 is 1.15 bits per heavy atom. The third-order valence-corrected chi connectivity index (χ3v) is 8.40. The van der Waals surface area contributed by atoms with Crippen LogP contribution in [0.3, 0.4) is 0 Å². The van der Waals surface area contributed by atoms with E-state index in [-0.39, 0.29) is 37.8 Å². The molecule has 2 nitrogen and oxygen atoms in total. The number of pyridine rings is 1. The third kappa shape index (κ3) is 7.19. The van der Waals surface area contributed by atoms with Crippen LogP contribution in [0.2, 0.25) is 0 Å². The van der Waals surface area contributed by atoms with Crippen LogP contribution in [0.25, 0.3) is 27.1 Å².